The maximum absolute atomic E-state index is 13.9. The highest BCUT2D eigenvalue weighted by atomic mass is 35.5. The summed E-state index contributed by atoms with van der Waals surface area (Å²) in [5, 5.41) is 2.81. The van der Waals surface area contributed by atoms with Crippen molar-refractivity contribution in [2.24, 2.45) is 11.7 Å². The molecular weight excluding hydrogens is 344 g/mol. The van der Waals surface area contributed by atoms with Crippen molar-refractivity contribution in [1.82, 2.24) is 10.2 Å². The van der Waals surface area contributed by atoms with Crippen LogP contribution in [0.2, 0.25) is 5.02 Å². The van der Waals surface area contributed by atoms with Gasteiger partial charge in [-0.05, 0) is 25.0 Å². The van der Waals surface area contributed by atoms with Gasteiger partial charge in [-0.25, -0.2) is 4.39 Å². The number of benzene rings is 1. The van der Waals surface area contributed by atoms with Gasteiger partial charge in [0.25, 0.3) is 5.91 Å². The molecular formula is C15H20Cl2FN3O2. The van der Waals surface area contributed by atoms with Gasteiger partial charge in [0.2, 0.25) is 5.91 Å². The van der Waals surface area contributed by atoms with Crippen molar-refractivity contribution in [3.8, 4) is 0 Å². The van der Waals surface area contributed by atoms with Crippen LogP contribution >= 0.6 is 24.0 Å². The number of rotatable bonds is 4. The summed E-state index contributed by atoms with van der Waals surface area (Å²) in [6.07, 6.45) is 1.39. The van der Waals surface area contributed by atoms with E-state index in [0.29, 0.717) is 32.5 Å². The predicted molar refractivity (Wildman–Crippen MR) is 89.3 cm³/mol. The number of amides is 2. The van der Waals surface area contributed by atoms with Crippen molar-refractivity contribution in [2.75, 3.05) is 26.2 Å². The zero-order chi connectivity index (χ0) is 16.1. The average Bonchev–Trinajstić information content (AvgIpc) is 2.52. The monoisotopic (exact) mass is 363 g/mol. The number of carbonyl (C=O) groups is 2. The third-order valence-corrected chi connectivity index (χ3v) is 4.01. The third kappa shape index (κ3) is 4.80. The quantitative estimate of drug-likeness (QED) is 0.856. The summed E-state index contributed by atoms with van der Waals surface area (Å²) < 4.78 is 13.9. The van der Waals surface area contributed by atoms with E-state index in [4.69, 9.17) is 17.3 Å². The molecule has 8 heteroatoms. The van der Waals surface area contributed by atoms with Crippen LogP contribution in [0.1, 0.15) is 23.2 Å². The van der Waals surface area contributed by atoms with E-state index in [2.05, 4.69) is 5.32 Å². The van der Waals surface area contributed by atoms with Gasteiger partial charge >= 0.3 is 0 Å². The molecule has 1 unspecified atom stereocenters. The summed E-state index contributed by atoms with van der Waals surface area (Å²) in [5.74, 6) is -1.54. The number of hydrogen-bond donors (Lipinski definition) is 2. The first-order valence-electron chi connectivity index (χ1n) is 7.25. The van der Waals surface area contributed by atoms with Gasteiger partial charge in [0.05, 0.1) is 16.5 Å². The molecule has 0 radical (unpaired) electrons. The molecule has 5 nitrogen and oxygen atoms in total. The summed E-state index contributed by atoms with van der Waals surface area (Å²) in [7, 11) is 0. The SMILES string of the molecule is Cl.NCCNC(=O)C1CCCN(C(=O)c2c(F)cccc2Cl)C1. The molecule has 1 saturated heterocycles. The number of hydrogen-bond acceptors (Lipinski definition) is 3. The highest BCUT2D eigenvalue weighted by Crippen LogP contribution is 2.24. The lowest BCUT2D eigenvalue weighted by Gasteiger charge is -2.32. The molecule has 1 fully saturated rings. The van der Waals surface area contributed by atoms with Crippen LogP contribution < -0.4 is 11.1 Å². The number of nitrogens with two attached hydrogens (primary N) is 1. The van der Waals surface area contributed by atoms with E-state index in [1.165, 1.54) is 23.1 Å². The largest absolute Gasteiger partial charge is 0.355 e. The van der Waals surface area contributed by atoms with Crippen LogP contribution in [0.25, 0.3) is 0 Å². The van der Waals surface area contributed by atoms with Crippen molar-refractivity contribution in [2.45, 2.75) is 12.8 Å². The molecule has 2 amide bonds. The molecule has 1 aliphatic rings. The van der Waals surface area contributed by atoms with Gasteiger partial charge in [-0.3, -0.25) is 9.59 Å². The zero-order valence-electron chi connectivity index (χ0n) is 12.6. The maximum atomic E-state index is 13.9. The minimum atomic E-state index is -0.646. The van der Waals surface area contributed by atoms with Crippen molar-refractivity contribution in [1.29, 1.82) is 0 Å². The van der Waals surface area contributed by atoms with E-state index in [1.807, 2.05) is 0 Å². The molecule has 1 aromatic carbocycles. The Kier molecular flexibility index (Phi) is 7.75. The number of nitrogens with one attached hydrogen (secondary N) is 1. The minimum absolute atomic E-state index is 0. The lowest BCUT2D eigenvalue weighted by atomic mass is 9.96. The zero-order valence-corrected chi connectivity index (χ0v) is 14.1. The van der Waals surface area contributed by atoms with Crippen LogP contribution in [0.5, 0.6) is 0 Å². The van der Waals surface area contributed by atoms with Crippen molar-refractivity contribution >= 4 is 35.8 Å². The Bertz CT molecular complexity index is 551. The fourth-order valence-electron chi connectivity index (χ4n) is 2.58. The molecule has 0 bridgehead atoms. The Labute approximate surface area is 145 Å². The first-order chi connectivity index (χ1) is 10.5. The molecule has 0 aliphatic carbocycles. The first kappa shape index (κ1) is 19.7. The number of halogens is 3. The molecule has 0 aromatic heterocycles. The Balaban J connectivity index is 0.00000264. The summed E-state index contributed by atoms with van der Waals surface area (Å²) >= 11 is 5.93. The molecule has 1 heterocycles. The fraction of sp³-hybridized carbons (Fsp3) is 0.467. The Morgan fingerprint density at radius 3 is 2.83 bits per heavy atom. The molecule has 1 atom stereocenters. The summed E-state index contributed by atoms with van der Waals surface area (Å²) in [4.78, 5) is 26.0. The lowest BCUT2D eigenvalue weighted by molar-refractivity contribution is -0.126. The third-order valence-electron chi connectivity index (χ3n) is 3.70. The van der Waals surface area contributed by atoms with Crippen LogP contribution in [-0.4, -0.2) is 42.9 Å². The van der Waals surface area contributed by atoms with Crippen LogP contribution in [0.15, 0.2) is 18.2 Å². The second-order valence-electron chi connectivity index (χ2n) is 5.27. The Morgan fingerprint density at radius 2 is 2.17 bits per heavy atom. The summed E-state index contributed by atoms with van der Waals surface area (Å²) in [6.45, 7) is 1.53. The molecule has 128 valence electrons. The van der Waals surface area contributed by atoms with Crippen LogP contribution in [0, 0.1) is 11.7 Å². The average molecular weight is 364 g/mol. The first-order valence-corrected chi connectivity index (χ1v) is 7.63. The number of piperidine rings is 1. The lowest BCUT2D eigenvalue weighted by Crippen LogP contribution is -2.46. The number of likely N-dealkylation sites (tertiary alicyclic amines) is 1. The van der Waals surface area contributed by atoms with E-state index >= 15 is 0 Å². The van der Waals surface area contributed by atoms with Crippen molar-refractivity contribution in [3.05, 3.63) is 34.6 Å². The van der Waals surface area contributed by atoms with Crippen molar-refractivity contribution < 1.29 is 14.0 Å². The highest BCUT2D eigenvalue weighted by molar-refractivity contribution is 6.33. The Hall–Kier alpha value is -1.37. The summed E-state index contributed by atoms with van der Waals surface area (Å²) in [5.41, 5.74) is 5.22. The smallest absolute Gasteiger partial charge is 0.258 e. The van der Waals surface area contributed by atoms with Gasteiger partial charge in [-0.2, -0.15) is 0 Å². The normalized spacial score (nSPS) is 17.3. The molecule has 2 rings (SSSR count). The van der Waals surface area contributed by atoms with Crippen molar-refractivity contribution in [3.63, 3.8) is 0 Å². The van der Waals surface area contributed by atoms with Gasteiger partial charge in [-0.1, -0.05) is 17.7 Å². The van der Waals surface area contributed by atoms with E-state index in [1.54, 1.807) is 0 Å². The van der Waals surface area contributed by atoms with Crippen LogP contribution in [0.4, 0.5) is 4.39 Å². The van der Waals surface area contributed by atoms with Crippen LogP contribution in [0.3, 0.4) is 0 Å². The van der Waals surface area contributed by atoms with E-state index in [9.17, 15) is 14.0 Å². The van der Waals surface area contributed by atoms with Gasteiger partial charge in [0, 0.05) is 26.2 Å². The Morgan fingerprint density at radius 1 is 1.43 bits per heavy atom. The fourth-order valence-corrected chi connectivity index (χ4v) is 2.82. The topological polar surface area (TPSA) is 75.4 Å². The van der Waals surface area contributed by atoms with E-state index < -0.39 is 11.7 Å². The molecule has 0 saturated carbocycles. The molecule has 1 aromatic rings. The minimum Gasteiger partial charge on any atom is -0.355 e. The summed E-state index contributed by atoms with van der Waals surface area (Å²) in [6, 6.07) is 4.13. The number of carbonyl (C=O) groups excluding carboxylic acids is 2. The molecule has 1 aliphatic heterocycles. The highest BCUT2D eigenvalue weighted by Gasteiger charge is 2.30. The van der Waals surface area contributed by atoms with Gasteiger partial charge in [0.1, 0.15) is 5.82 Å². The van der Waals surface area contributed by atoms with Gasteiger partial charge in [0.15, 0.2) is 0 Å². The van der Waals surface area contributed by atoms with E-state index in [-0.39, 0.29) is 41.4 Å². The molecule has 0 spiro atoms. The second-order valence-corrected chi connectivity index (χ2v) is 5.67. The van der Waals surface area contributed by atoms with E-state index in [0.717, 1.165) is 0 Å². The predicted octanol–water partition coefficient (Wildman–Crippen LogP) is 1.83. The maximum Gasteiger partial charge on any atom is 0.258 e. The van der Waals surface area contributed by atoms with Crippen LogP contribution in [-0.2, 0) is 4.79 Å². The molecule has 23 heavy (non-hydrogen) atoms. The molecule has 3 N–H and O–H groups in total. The van der Waals surface area contributed by atoms with Gasteiger partial charge < -0.3 is 16.0 Å². The number of nitrogens with zero attached hydrogens (tertiary/aromatic N) is 1. The van der Waals surface area contributed by atoms with Gasteiger partial charge in [-0.15, -0.1) is 12.4 Å². The standard InChI is InChI=1S/C15H19ClFN3O2.ClH/c16-11-4-1-5-12(17)13(11)15(22)20-8-2-3-10(9-20)14(21)19-7-6-18;/h1,4-5,10H,2-3,6-9,18H2,(H,19,21);1H. The second kappa shape index (κ2) is 9.05.